The van der Waals surface area contributed by atoms with E-state index in [1.54, 1.807) is 47.5 Å². The molecule has 1 aromatic heterocycles. The van der Waals surface area contributed by atoms with Gasteiger partial charge in [-0.25, -0.2) is 4.39 Å². The van der Waals surface area contributed by atoms with E-state index < -0.39 is 0 Å². The molecule has 4 rings (SSSR count). The summed E-state index contributed by atoms with van der Waals surface area (Å²) in [4.78, 5) is 29.3. The van der Waals surface area contributed by atoms with E-state index in [1.807, 2.05) is 20.0 Å². The molecule has 30 heavy (non-hydrogen) atoms. The van der Waals surface area contributed by atoms with Crippen LogP contribution in [0.4, 0.5) is 4.39 Å². The Balaban J connectivity index is 1.46. The monoisotopic (exact) mass is 407 g/mol. The van der Waals surface area contributed by atoms with Crippen molar-refractivity contribution in [2.75, 3.05) is 7.05 Å². The molecule has 1 heterocycles. The lowest BCUT2D eigenvalue weighted by Crippen LogP contribution is -2.38. The van der Waals surface area contributed by atoms with Crippen molar-refractivity contribution in [1.82, 2.24) is 15.2 Å². The highest BCUT2D eigenvalue weighted by Gasteiger charge is 2.30. The Bertz CT molecular complexity index is 1070. The summed E-state index contributed by atoms with van der Waals surface area (Å²) < 4.78 is 14.8. The minimum absolute atomic E-state index is 0.0512. The number of benzene rings is 2. The van der Waals surface area contributed by atoms with E-state index in [4.69, 9.17) is 0 Å². The molecule has 2 atom stereocenters. The summed E-state index contributed by atoms with van der Waals surface area (Å²) in [6, 6.07) is 12.6. The smallest absolute Gasteiger partial charge is 0.253 e. The van der Waals surface area contributed by atoms with Gasteiger partial charge in [-0.1, -0.05) is 19.1 Å². The minimum Gasteiger partial charge on any atom is -0.361 e. The van der Waals surface area contributed by atoms with E-state index in [2.05, 4.69) is 10.3 Å². The van der Waals surface area contributed by atoms with Gasteiger partial charge >= 0.3 is 0 Å². The third-order valence-corrected chi connectivity index (χ3v) is 6.07. The minimum atomic E-state index is -0.268. The summed E-state index contributed by atoms with van der Waals surface area (Å²) in [5.74, 6) is -0.276. The molecule has 5 nitrogen and oxygen atoms in total. The molecule has 0 aliphatic heterocycles. The number of amides is 2. The molecule has 2 amide bonds. The van der Waals surface area contributed by atoms with Crippen LogP contribution in [0.5, 0.6) is 0 Å². The zero-order valence-corrected chi connectivity index (χ0v) is 17.2. The summed E-state index contributed by atoms with van der Waals surface area (Å²) >= 11 is 0. The molecule has 0 bridgehead atoms. The fourth-order valence-corrected chi connectivity index (χ4v) is 4.25. The normalized spacial score (nSPS) is 18.5. The molecule has 1 aliphatic carbocycles. The summed E-state index contributed by atoms with van der Waals surface area (Å²) in [5.41, 5.74) is 2.58. The molecule has 6 heteroatoms. The van der Waals surface area contributed by atoms with Crippen LogP contribution in [-0.4, -0.2) is 40.8 Å². The Kier molecular flexibility index (Phi) is 5.57. The van der Waals surface area contributed by atoms with Crippen LogP contribution in [-0.2, 0) is 4.79 Å². The average Bonchev–Trinajstić information content (AvgIpc) is 3.43. The summed E-state index contributed by atoms with van der Waals surface area (Å²) in [7, 11) is 1.81. The van der Waals surface area contributed by atoms with Gasteiger partial charge < -0.3 is 15.2 Å². The van der Waals surface area contributed by atoms with Crippen LogP contribution in [0.3, 0.4) is 0 Å². The molecular formula is C24H26FN3O2. The lowest BCUT2D eigenvalue weighted by Gasteiger charge is -2.25. The second kappa shape index (κ2) is 8.30. The maximum Gasteiger partial charge on any atom is 0.253 e. The first kappa shape index (κ1) is 20.1. The number of hydrogen-bond acceptors (Lipinski definition) is 2. The van der Waals surface area contributed by atoms with Crippen LogP contribution in [0.1, 0.15) is 43.0 Å². The fraction of sp³-hybridized carbons (Fsp3) is 0.333. The van der Waals surface area contributed by atoms with Gasteiger partial charge in [0.1, 0.15) is 5.82 Å². The zero-order chi connectivity index (χ0) is 21.3. The Hall–Kier alpha value is -3.15. The second-order valence-electron chi connectivity index (χ2n) is 7.94. The van der Waals surface area contributed by atoms with Crippen molar-refractivity contribution in [1.29, 1.82) is 0 Å². The maximum absolute atomic E-state index is 14.8. The van der Waals surface area contributed by atoms with Crippen molar-refractivity contribution < 1.29 is 14.0 Å². The first-order valence-corrected chi connectivity index (χ1v) is 10.4. The molecule has 0 spiro atoms. The third kappa shape index (κ3) is 3.82. The first-order valence-electron chi connectivity index (χ1n) is 10.4. The predicted molar refractivity (Wildman–Crippen MR) is 116 cm³/mol. The van der Waals surface area contributed by atoms with Gasteiger partial charge in [0.25, 0.3) is 5.91 Å². The van der Waals surface area contributed by atoms with Gasteiger partial charge in [-0.3, -0.25) is 9.59 Å². The van der Waals surface area contributed by atoms with Gasteiger partial charge in [0.05, 0.1) is 0 Å². The van der Waals surface area contributed by atoms with Crippen molar-refractivity contribution >= 4 is 22.7 Å². The highest BCUT2D eigenvalue weighted by Crippen LogP contribution is 2.29. The predicted octanol–water partition coefficient (Wildman–Crippen LogP) is 4.49. The molecule has 0 radical (unpaired) electrons. The number of carbonyl (C=O) groups is 2. The van der Waals surface area contributed by atoms with Crippen molar-refractivity contribution in [3.63, 3.8) is 0 Å². The Labute approximate surface area is 175 Å². The zero-order valence-electron chi connectivity index (χ0n) is 17.2. The number of rotatable bonds is 5. The van der Waals surface area contributed by atoms with E-state index in [9.17, 15) is 14.0 Å². The number of nitrogens with one attached hydrogen (secondary N) is 2. The number of H-pyrrole nitrogens is 1. The number of fused-ring (bicyclic) bond motifs is 1. The fourth-order valence-electron chi connectivity index (χ4n) is 4.25. The Morgan fingerprint density at radius 1 is 1.13 bits per heavy atom. The second-order valence-corrected chi connectivity index (χ2v) is 7.94. The third-order valence-electron chi connectivity index (χ3n) is 6.07. The molecular weight excluding hydrogens is 381 g/mol. The van der Waals surface area contributed by atoms with Crippen LogP contribution in [0.25, 0.3) is 22.0 Å². The molecule has 3 aromatic rings. The molecule has 156 valence electrons. The standard InChI is InChI=1S/C24H26FN3O2/c1-3-22(29)27-17-8-9-18(14-17)28(2)24(30)16-6-4-15(5-7-16)19-10-11-21-20(23(19)25)12-13-26-21/h4-7,10-13,17-18,26H,3,8-9,14H2,1-2H3,(H,27,29)/t17-,18+/m0/s1. The van der Waals surface area contributed by atoms with E-state index in [0.717, 1.165) is 30.3 Å². The number of hydrogen-bond donors (Lipinski definition) is 2. The SMILES string of the molecule is CCC(=O)N[C@H]1CC[C@@H](N(C)C(=O)c2ccc(-c3ccc4[nH]ccc4c3F)cc2)C1. The summed E-state index contributed by atoms with van der Waals surface area (Å²) in [6.45, 7) is 1.84. The van der Waals surface area contributed by atoms with E-state index >= 15 is 0 Å². The van der Waals surface area contributed by atoms with Crippen LogP contribution < -0.4 is 5.32 Å². The summed E-state index contributed by atoms with van der Waals surface area (Å²) in [6.07, 6.45) is 4.72. The number of carbonyl (C=O) groups excluding carboxylic acids is 2. The van der Waals surface area contributed by atoms with Crippen LogP contribution in [0.2, 0.25) is 0 Å². The Morgan fingerprint density at radius 2 is 1.90 bits per heavy atom. The summed E-state index contributed by atoms with van der Waals surface area (Å²) in [5, 5.41) is 3.57. The van der Waals surface area contributed by atoms with Crippen molar-refractivity contribution in [2.45, 2.75) is 44.7 Å². The van der Waals surface area contributed by atoms with Gasteiger partial charge in [-0.15, -0.1) is 0 Å². The van der Waals surface area contributed by atoms with Crippen molar-refractivity contribution in [2.24, 2.45) is 0 Å². The average molecular weight is 407 g/mol. The van der Waals surface area contributed by atoms with E-state index in [1.165, 1.54) is 0 Å². The topological polar surface area (TPSA) is 65.2 Å². The molecule has 1 fully saturated rings. The van der Waals surface area contributed by atoms with Crippen LogP contribution in [0, 0.1) is 5.82 Å². The largest absolute Gasteiger partial charge is 0.361 e. The van der Waals surface area contributed by atoms with Gasteiger partial charge in [-0.2, -0.15) is 0 Å². The molecule has 0 saturated heterocycles. The quantitative estimate of drug-likeness (QED) is 0.654. The van der Waals surface area contributed by atoms with Crippen molar-refractivity contribution in [3.8, 4) is 11.1 Å². The molecule has 2 aromatic carbocycles. The maximum atomic E-state index is 14.8. The highest BCUT2D eigenvalue weighted by atomic mass is 19.1. The van der Waals surface area contributed by atoms with Gasteiger partial charge in [0.2, 0.25) is 5.91 Å². The Morgan fingerprint density at radius 3 is 2.63 bits per heavy atom. The van der Waals surface area contributed by atoms with Gasteiger partial charge in [-0.05, 0) is 55.2 Å². The molecule has 1 saturated carbocycles. The number of aromatic amines is 1. The van der Waals surface area contributed by atoms with Crippen LogP contribution in [0.15, 0.2) is 48.7 Å². The van der Waals surface area contributed by atoms with Gasteiger partial charge in [0, 0.05) is 53.8 Å². The lowest BCUT2D eigenvalue weighted by molar-refractivity contribution is -0.121. The van der Waals surface area contributed by atoms with E-state index in [-0.39, 0.29) is 29.7 Å². The molecule has 2 N–H and O–H groups in total. The van der Waals surface area contributed by atoms with Gasteiger partial charge in [0.15, 0.2) is 0 Å². The molecule has 1 aliphatic rings. The lowest BCUT2D eigenvalue weighted by atomic mass is 10.0. The van der Waals surface area contributed by atoms with Crippen LogP contribution >= 0.6 is 0 Å². The highest BCUT2D eigenvalue weighted by molar-refractivity contribution is 5.95. The van der Waals surface area contributed by atoms with Crippen molar-refractivity contribution in [3.05, 3.63) is 60.0 Å². The first-order chi connectivity index (χ1) is 14.5. The van der Waals surface area contributed by atoms with E-state index in [0.29, 0.717) is 22.9 Å². The number of halogens is 1. The number of nitrogens with zero attached hydrogens (tertiary/aromatic N) is 1. The number of aromatic nitrogens is 1. The molecule has 0 unspecified atom stereocenters.